The molecule has 0 aliphatic rings. The normalized spacial score (nSPS) is 14.1. The molecule has 0 fully saturated rings. The summed E-state index contributed by atoms with van der Waals surface area (Å²) in [5.74, 6) is 0.586. The molecule has 0 spiro atoms. The van der Waals surface area contributed by atoms with Crippen LogP contribution in [0.2, 0.25) is 0 Å². The van der Waals surface area contributed by atoms with Gasteiger partial charge in [0.1, 0.15) is 0 Å². The number of ketones is 1. The summed E-state index contributed by atoms with van der Waals surface area (Å²) in [6, 6.07) is 12.0. The van der Waals surface area contributed by atoms with E-state index in [1.54, 1.807) is 11.3 Å². The fraction of sp³-hybridized carbons (Fsp3) is 0.312. The summed E-state index contributed by atoms with van der Waals surface area (Å²) >= 11 is 1.58. The van der Waals surface area contributed by atoms with Crippen molar-refractivity contribution in [2.24, 2.45) is 5.92 Å². The molecule has 18 heavy (non-hydrogen) atoms. The second-order valence-corrected chi connectivity index (χ2v) is 5.43. The van der Waals surface area contributed by atoms with Crippen molar-refractivity contribution < 1.29 is 4.79 Å². The molecule has 2 unspecified atom stereocenters. The number of thiophene rings is 1. The van der Waals surface area contributed by atoms with Crippen molar-refractivity contribution in [2.45, 2.75) is 26.2 Å². The van der Waals surface area contributed by atoms with Crippen LogP contribution in [0.25, 0.3) is 0 Å². The van der Waals surface area contributed by atoms with Gasteiger partial charge in [-0.1, -0.05) is 50.6 Å². The molecule has 0 saturated heterocycles. The number of benzene rings is 1. The van der Waals surface area contributed by atoms with Crippen molar-refractivity contribution in [3.05, 3.63) is 58.3 Å². The summed E-state index contributed by atoms with van der Waals surface area (Å²) in [7, 11) is 0. The fourth-order valence-corrected chi connectivity index (χ4v) is 2.86. The van der Waals surface area contributed by atoms with Gasteiger partial charge in [0.05, 0.1) is 0 Å². The second-order valence-electron chi connectivity index (χ2n) is 4.65. The molecule has 0 radical (unpaired) electrons. The molecule has 0 N–H and O–H groups in total. The van der Waals surface area contributed by atoms with Crippen LogP contribution in [-0.4, -0.2) is 5.78 Å². The summed E-state index contributed by atoms with van der Waals surface area (Å²) in [5, 5.41) is 3.91. The van der Waals surface area contributed by atoms with Gasteiger partial charge in [0, 0.05) is 16.9 Å². The van der Waals surface area contributed by atoms with E-state index in [0.717, 1.165) is 17.5 Å². The Labute approximate surface area is 112 Å². The Morgan fingerprint density at radius 2 is 1.94 bits per heavy atom. The average molecular weight is 258 g/mol. The van der Waals surface area contributed by atoms with Gasteiger partial charge in [0.2, 0.25) is 0 Å². The Morgan fingerprint density at radius 1 is 1.22 bits per heavy atom. The molecule has 0 aliphatic carbocycles. The van der Waals surface area contributed by atoms with E-state index in [1.165, 1.54) is 0 Å². The van der Waals surface area contributed by atoms with Crippen LogP contribution in [0.3, 0.4) is 0 Å². The third-order valence-electron chi connectivity index (χ3n) is 3.46. The van der Waals surface area contributed by atoms with Gasteiger partial charge in [-0.2, -0.15) is 11.3 Å². The Morgan fingerprint density at radius 3 is 2.50 bits per heavy atom. The van der Waals surface area contributed by atoms with Gasteiger partial charge in [-0.3, -0.25) is 4.79 Å². The molecule has 1 aromatic carbocycles. The third-order valence-corrected chi connectivity index (χ3v) is 4.14. The summed E-state index contributed by atoms with van der Waals surface area (Å²) in [6.07, 6.45) is 1.01. The lowest BCUT2D eigenvalue weighted by molar-refractivity contribution is 0.0932. The van der Waals surface area contributed by atoms with Crippen molar-refractivity contribution in [1.82, 2.24) is 0 Å². The number of hydrogen-bond donors (Lipinski definition) is 0. The maximum Gasteiger partial charge on any atom is 0.171 e. The highest BCUT2D eigenvalue weighted by Gasteiger charge is 2.26. The molecule has 0 saturated carbocycles. The Bertz CT molecular complexity index is 487. The van der Waals surface area contributed by atoms with Crippen LogP contribution < -0.4 is 0 Å². The summed E-state index contributed by atoms with van der Waals surface area (Å²) < 4.78 is 0. The summed E-state index contributed by atoms with van der Waals surface area (Å²) in [5.41, 5.74) is 1.97. The highest BCUT2D eigenvalue weighted by Crippen LogP contribution is 2.31. The number of hydrogen-bond acceptors (Lipinski definition) is 2. The summed E-state index contributed by atoms with van der Waals surface area (Å²) in [6.45, 7) is 4.30. The van der Waals surface area contributed by atoms with E-state index >= 15 is 0 Å². The van der Waals surface area contributed by atoms with Crippen LogP contribution in [0, 0.1) is 5.92 Å². The van der Waals surface area contributed by atoms with Gasteiger partial charge in [0.25, 0.3) is 0 Å². The second kappa shape index (κ2) is 5.96. The van der Waals surface area contributed by atoms with E-state index in [2.05, 4.69) is 26.0 Å². The zero-order valence-corrected chi connectivity index (χ0v) is 11.6. The SMILES string of the molecule is CCC(C)C(C(=O)c1ccsc1)c1ccccc1. The first-order valence-electron chi connectivity index (χ1n) is 6.35. The first-order valence-corrected chi connectivity index (χ1v) is 7.29. The van der Waals surface area contributed by atoms with Gasteiger partial charge >= 0.3 is 0 Å². The average Bonchev–Trinajstić information content (AvgIpc) is 2.94. The first kappa shape index (κ1) is 13.0. The minimum Gasteiger partial charge on any atom is -0.293 e. The molecule has 2 aromatic rings. The highest BCUT2D eigenvalue weighted by atomic mass is 32.1. The Hall–Kier alpha value is -1.41. The predicted molar refractivity (Wildman–Crippen MR) is 77.3 cm³/mol. The van der Waals surface area contributed by atoms with Gasteiger partial charge < -0.3 is 0 Å². The van der Waals surface area contributed by atoms with Crippen molar-refractivity contribution >= 4 is 17.1 Å². The summed E-state index contributed by atoms with van der Waals surface area (Å²) in [4.78, 5) is 12.6. The van der Waals surface area contributed by atoms with E-state index in [1.807, 2.05) is 35.0 Å². The lowest BCUT2D eigenvalue weighted by atomic mass is 9.81. The predicted octanol–water partition coefficient (Wildman–Crippen LogP) is 4.76. The zero-order chi connectivity index (χ0) is 13.0. The van der Waals surface area contributed by atoms with Gasteiger partial charge in [-0.15, -0.1) is 0 Å². The van der Waals surface area contributed by atoms with Crippen LogP contribution in [0.1, 0.15) is 42.1 Å². The van der Waals surface area contributed by atoms with Gasteiger partial charge in [-0.25, -0.2) is 0 Å². The number of carbonyl (C=O) groups excluding carboxylic acids is 1. The Kier molecular flexibility index (Phi) is 4.32. The molecule has 0 aliphatic heterocycles. The lowest BCUT2D eigenvalue weighted by Crippen LogP contribution is -2.19. The first-order chi connectivity index (χ1) is 8.74. The molecule has 1 heterocycles. The molecule has 1 aromatic heterocycles. The van der Waals surface area contributed by atoms with Crippen LogP contribution in [0.15, 0.2) is 47.2 Å². The highest BCUT2D eigenvalue weighted by molar-refractivity contribution is 7.08. The standard InChI is InChI=1S/C16H18OS/c1-3-12(2)15(13-7-5-4-6-8-13)16(17)14-9-10-18-11-14/h4-12,15H,3H2,1-2H3. The van der Waals surface area contributed by atoms with Gasteiger partial charge in [-0.05, 0) is 22.9 Å². The van der Waals surface area contributed by atoms with E-state index in [9.17, 15) is 4.79 Å². The monoisotopic (exact) mass is 258 g/mol. The molecule has 0 amide bonds. The third kappa shape index (κ3) is 2.70. The molecule has 1 nitrogen and oxygen atoms in total. The van der Waals surface area contributed by atoms with E-state index < -0.39 is 0 Å². The quantitative estimate of drug-likeness (QED) is 0.707. The van der Waals surface area contributed by atoms with Crippen LogP contribution in [0.5, 0.6) is 0 Å². The molecule has 2 rings (SSSR count). The molecule has 2 atom stereocenters. The Balaban J connectivity index is 2.35. The van der Waals surface area contributed by atoms with Gasteiger partial charge in [0.15, 0.2) is 5.78 Å². The topological polar surface area (TPSA) is 17.1 Å². The number of rotatable bonds is 5. The van der Waals surface area contributed by atoms with Crippen molar-refractivity contribution in [1.29, 1.82) is 0 Å². The molecular formula is C16H18OS. The van der Waals surface area contributed by atoms with Crippen molar-refractivity contribution in [2.75, 3.05) is 0 Å². The minimum atomic E-state index is -0.0224. The smallest absolute Gasteiger partial charge is 0.171 e. The molecular weight excluding hydrogens is 240 g/mol. The minimum absolute atomic E-state index is 0.0224. The largest absolute Gasteiger partial charge is 0.293 e. The maximum atomic E-state index is 12.6. The van der Waals surface area contributed by atoms with E-state index in [-0.39, 0.29) is 11.7 Å². The van der Waals surface area contributed by atoms with Crippen LogP contribution in [0.4, 0.5) is 0 Å². The number of Topliss-reactive ketones (excluding diaryl/α,β-unsaturated/α-hetero) is 1. The van der Waals surface area contributed by atoms with Crippen LogP contribution in [-0.2, 0) is 0 Å². The number of carbonyl (C=O) groups is 1. The maximum absolute atomic E-state index is 12.6. The molecule has 0 bridgehead atoms. The van der Waals surface area contributed by atoms with Crippen molar-refractivity contribution in [3.8, 4) is 0 Å². The molecule has 2 heteroatoms. The lowest BCUT2D eigenvalue weighted by Gasteiger charge is -2.21. The molecule has 94 valence electrons. The zero-order valence-electron chi connectivity index (χ0n) is 10.8. The van der Waals surface area contributed by atoms with E-state index in [0.29, 0.717) is 5.92 Å². The van der Waals surface area contributed by atoms with E-state index in [4.69, 9.17) is 0 Å². The van der Waals surface area contributed by atoms with Crippen LogP contribution >= 0.6 is 11.3 Å². The van der Waals surface area contributed by atoms with Crippen molar-refractivity contribution in [3.63, 3.8) is 0 Å². The fourth-order valence-electron chi connectivity index (χ4n) is 2.22.